The Kier molecular flexibility index (Phi) is 5.33. The Morgan fingerprint density at radius 2 is 1.57 bits per heavy atom. The molecule has 2 aliphatic heterocycles. The average molecular weight is 401 g/mol. The first-order chi connectivity index (χ1) is 13.5. The number of carbonyl (C=O) groups is 1. The third-order valence-corrected chi connectivity index (χ3v) is 7.46. The van der Waals surface area contributed by atoms with Gasteiger partial charge in [-0.05, 0) is 17.7 Å². The zero-order valence-corrected chi connectivity index (χ0v) is 16.5. The smallest absolute Gasteiger partial charge is 0.255 e. The zero-order valence-electron chi connectivity index (χ0n) is 15.7. The standard InChI is InChI=1S/C21H24N2O4S/c24-20-21(27-16-15-22(20)17-18-7-3-1-4-8-18)11-13-23(14-12-21)28(25,26)19-9-5-2-6-10-19/h1-10H,11-17H2. The van der Waals surface area contributed by atoms with Gasteiger partial charge in [-0.2, -0.15) is 0 Å². The van der Waals surface area contributed by atoms with Crippen LogP contribution in [0.15, 0.2) is 65.6 Å². The topological polar surface area (TPSA) is 72.9 Å². The molecule has 2 aliphatic rings. The number of hydrogen-bond donors (Lipinski definition) is 0. The Morgan fingerprint density at radius 3 is 2.21 bits per heavy atom. The van der Waals surface area contributed by atoms with Crippen LogP contribution >= 0.6 is 0 Å². The Labute approximate surface area is 166 Å². The molecule has 2 fully saturated rings. The van der Waals surface area contributed by atoms with E-state index in [2.05, 4.69) is 0 Å². The predicted molar refractivity (Wildman–Crippen MR) is 105 cm³/mol. The van der Waals surface area contributed by atoms with Gasteiger partial charge in [0.15, 0.2) is 15.3 Å². The van der Waals surface area contributed by atoms with Crippen molar-refractivity contribution in [1.29, 1.82) is 0 Å². The first-order valence-electron chi connectivity index (χ1n) is 9.54. The molecule has 0 bridgehead atoms. The molecule has 1 atom stereocenters. The van der Waals surface area contributed by atoms with Crippen LogP contribution in [0, 0.1) is 0 Å². The summed E-state index contributed by atoms with van der Waals surface area (Å²) in [4.78, 5) is 15.3. The van der Waals surface area contributed by atoms with E-state index in [1.54, 1.807) is 30.3 Å². The van der Waals surface area contributed by atoms with Crippen molar-refractivity contribution in [1.82, 2.24) is 9.21 Å². The van der Waals surface area contributed by atoms with Crippen molar-refractivity contribution >= 4 is 16.3 Å². The number of amides is 1. The molecule has 6 nitrogen and oxygen atoms in total. The molecule has 7 heteroatoms. The van der Waals surface area contributed by atoms with E-state index in [0.717, 1.165) is 5.56 Å². The summed E-state index contributed by atoms with van der Waals surface area (Å²) in [6.45, 7) is 2.15. The molecule has 2 heterocycles. The number of sulfonamides is 1. The molecular weight excluding hydrogens is 376 g/mol. The average Bonchev–Trinajstić information content (AvgIpc) is 2.73. The number of ether oxygens (including phenoxy) is 1. The molecule has 1 amide bonds. The molecule has 28 heavy (non-hydrogen) atoms. The minimum absolute atomic E-state index is 0.0284. The quantitative estimate of drug-likeness (QED) is 0.739. The highest BCUT2D eigenvalue weighted by Gasteiger charge is 2.50. The number of hydrogen-bond acceptors (Lipinski definition) is 4. The van der Waals surface area contributed by atoms with Crippen LogP contribution in [-0.4, -0.2) is 51.5 Å². The van der Waals surface area contributed by atoms with Gasteiger partial charge in [0.05, 0.1) is 6.61 Å². The number of piperidine rings is 1. The highest BCUT2D eigenvalue weighted by molar-refractivity contribution is 7.95. The predicted octanol–water partition coefficient (Wildman–Crippen LogP) is 2.48. The van der Waals surface area contributed by atoms with Crippen molar-refractivity contribution in [3.05, 3.63) is 66.2 Å². The van der Waals surface area contributed by atoms with Gasteiger partial charge in [-0.15, -0.1) is 4.31 Å². The maximum absolute atomic E-state index is 13.2. The van der Waals surface area contributed by atoms with E-state index < -0.39 is 16.0 Å². The van der Waals surface area contributed by atoms with Crippen molar-refractivity contribution < 1.29 is 18.3 Å². The highest BCUT2D eigenvalue weighted by atomic mass is 32.3. The van der Waals surface area contributed by atoms with E-state index in [-0.39, 0.29) is 23.9 Å². The molecule has 0 aromatic heterocycles. The lowest BCUT2D eigenvalue weighted by molar-refractivity contribution is -0.179. The summed E-state index contributed by atoms with van der Waals surface area (Å²) in [7, 11) is -3.54. The second-order valence-corrected chi connectivity index (χ2v) is 9.21. The maximum Gasteiger partial charge on any atom is 0.255 e. The fraction of sp³-hybridized carbons (Fsp3) is 0.381. The molecule has 2 saturated heterocycles. The fourth-order valence-electron chi connectivity index (χ4n) is 3.94. The van der Waals surface area contributed by atoms with Crippen LogP contribution in [0.5, 0.6) is 0 Å². The molecule has 2 aromatic carbocycles. The van der Waals surface area contributed by atoms with Crippen molar-refractivity contribution in [3.8, 4) is 0 Å². The summed E-state index contributed by atoms with van der Waals surface area (Å²) in [6.07, 6.45) is 0.756. The third kappa shape index (κ3) is 3.63. The molecule has 148 valence electrons. The van der Waals surface area contributed by atoms with Gasteiger partial charge in [0.1, 0.15) is 5.60 Å². The van der Waals surface area contributed by atoms with Crippen molar-refractivity contribution in [2.75, 3.05) is 26.2 Å². The molecular formula is C21H24N2O4S. The summed E-state index contributed by atoms with van der Waals surface area (Å²) in [5, 5.41) is 0. The number of carbonyl (C=O) groups excluding carboxylic acids is 1. The number of morpholine rings is 1. The second kappa shape index (κ2) is 7.75. The molecule has 4 rings (SSSR count). The van der Waals surface area contributed by atoms with E-state index in [1.165, 1.54) is 4.31 Å². The van der Waals surface area contributed by atoms with Gasteiger partial charge in [-0.25, -0.2) is 0 Å². The van der Waals surface area contributed by atoms with Crippen LogP contribution < -0.4 is 0 Å². The van der Waals surface area contributed by atoms with Gasteiger partial charge in [0.2, 0.25) is 0 Å². The normalized spacial score (nSPS) is 22.2. The first kappa shape index (κ1) is 19.3. The Bertz CT molecular complexity index is 866. The molecule has 1 spiro atoms. The second-order valence-electron chi connectivity index (χ2n) is 7.27. The van der Waals surface area contributed by atoms with Crippen LogP contribution in [0.25, 0.3) is 0 Å². The van der Waals surface area contributed by atoms with Crippen molar-refractivity contribution in [2.24, 2.45) is 0 Å². The van der Waals surface area contributed by atoms with Crippen LogP contribution in [-0.2, 0) is 30.7 Å². The Balaban J connectivity index is 1.45. The number of benzene rings is 2. The molecule has 0 saturated carbocycles. The van der Waals surface area contributed by atoms with Gasteiger partial charge < -0.3 is 14.2 Å². The van der Waals surface area contributed by atoms with Gasteiger partial charge >= 0.3 is 0 Å². The summed E-state index contributed by atoms with van der Waals surface area (Å²) < 4.78 is 33.1. The summed E-state index contributed by atoms with van der Waals surface area (Å²) in [5.41, 5.74) is 0.174. The van der Waals surface area contributed by atoms with Gasteiger partial charge in [-0.1, -0.05) is 52.7 Å². The minimum Gasteiger partial charge on any atom is -0.593 e. The monoisotopic (exact) mass is 400 g/mol. The summed E-state index contributed by atoms with van der Waals surface area (Å²) >= 11 is 0. The first-order valence-corrected chi connectivity index (χ1v) is 11.0. The largest absolute Gasteiger partial charge is 0.593 e. The van der Waals surface area contributed by atoms with Crippen LogP contribution in [0.3, 0.4) is 0 Å². The van der Waals surface area contributed by atoms with Crippen LogP contribution in [0.1, 0.15) is 18.4 Å². The fourth-order valence-corrected chi connectivity index (χ4v) is 5.41. The number of nitrogens with zero attached hydrogens (tertiary/aromatic N) is 2. The van der Waals surface area contributed by atoms with E-state index in [4.69, 9.17) is 4.74 Å². The molecule has 0 N–H and O–H groups in total. The third-order valence-electron chi connectivity index (χ3n) is 5.54. The molecule has 0 aliphatic carbocycles. The van der Waals surface area contributed by atoms with Crippen LogP contribution in [0.4, 0.5) is 0 Å². The lowest BCUT2D eigenvalue weighted by Crippen LogP contribution is -2.61. The van der Waals surface area contributed by atoms with Gasteiger partial charge in [0, 0.05) is 39.0 Å². The molecule has 2 aromatic rings. The Morgan fingerprint density at radius 1 is 0.964 bits per heavy atom. The summed E-state index contributed by atoms with van der Waals surface area (Å²) in [6, 6.07) is 18.3. The van der Waals surface area contributed by atoms with E-state index >= 15 is 0 Å². The zero-order chi connectivity index (χ0) is 19.6. The lowest BCUT2D eigenvalue weighted by Gasteiger charge is -2.45. The maximum atomic E-state index is 13.2. The van der Waals surface area contributed by atoms with E-state index in [1.807, 2.05) is 35.2 Å². The number of rotatable bonds is 4. The molecule has 0 radical (unpaired) electrons. The SMILES string of the molecule is O=C1N(Cc2ccccc2)CCOC12CCN([S+](=O)([O-])c1ccccc1)CC2. The van der Waals surface area contributed by atoms with Crippen molar-refractivity contribution in [3.63, 3.8) is 0 Å². The lowest BCUT2D eigenvalue weighted by atomic mass is 9.89. The molecule has 1 unspecified atom stereocenters. The Hall–Kier alpha value is -2.06. The van der Waals surface area contributed by atoms with Gasteiger partial charge in [0.25, 0.3) is 5.91 Å². The summed E-state index contributed by atoms with van der Waals surface area (Å²) in [5.74, 6) is -0.0284. The van der Waals surface area contributed by atoms with Crippen LogP contribution in [0.2, 0.25) is 0 Å². The van der Waals surface area contributed by atoms with Gasteiger partial charge in [-0.3, -0.25) is 4.79 Å². The minimum atomic E-state index is -3.54. The van der Waals surface area contributed by atoms with E-state index in [9.17, 15) is 13.6 Å². The highest BCUT2D eigenvalue weighted by Crippen LogP contribution is 2.35. The van der Waals surface area contributed by atoms with Crippen molar-refractivity contribution in [2.45, 2.75) is 29.9 Å². The van der Waals surface area contributed by atoms with E-state index in [0.29, 0.717) is 32.5 Å².